The van der Waals surface area contributed by atoms with Crippen LogP contribution in [0.5, 0.6) is 0 Å². The SMILES string of the molecule is CCc1nnc(C2C[C@H](C)N[C@@H](C)C2)o1. The summed E-state index contributed by atoms with van der Waals surface area (Å²) in [5.74, 6) is 2.01. The predicted molar refractivity (Wildman–Crippen MR) is 57.7 cm³/mol. The summed E-state index contributed by atoms with van der Waals surface area (Å²) in [5, 5.41) is 11.7. The lowest BCUT2D eigenvalue weighted by Gasteiger charge is -2.30. The van der Waals surface area contributed by atoms with E-state index in [4.69, 9.17) is 4.42 Å². The third-order valence-electron chi connectivity index (χ3n) is 2.98. The Kier molecular flexibility index (Phi) is 3.05. The molecule has 4 heteroatoms. The molecule has 0 bridgehead atoms. The minimum atomic E-state index is 0.434. The molecular formula is C11H19N3O. The molecule has 1 aliphatic rings. The Morgan fingerprint density at radius 1 is 1.27 bits per heavy atom. The molecule has 1 saturated heterocycles. The van der Waals surface area contributed by atoms with Crippen molar-refractivity contribution >= 4 is 0 Å². The third-order valence-corrected chi connectivity index (χ3v) is 2.98. The quantitative estimate of drug-likeness (QED) is 0.808. The van der Waals surface area contributed by atoms with Gasteiger partial charge in [-0.3, -0.25) is 0 Å². The molecule has 1 aromatic heterocycles. The maximum atomic E-state index is 5.62. The molecule has 1 N–H and O–H groups in total. The highest BCUT2D eigenvalue weighted by molar-refractivity contribution is 4.97. The van der Waals surface area contributed by atoms with E-state index >= 15 is 0 Å². The number of nitrogens with zero attached hydrogens (tertiary/aromatic N) is 2. The molecule has 0 saturated carbocycles. The van der Waals surface area contributed by atoms with Gasteiger partial charge in [-0.2, -0.15) is 0 Å². The predicted octanol–water partition coefficient (Wildman–Crippen LogP) is 1.88. The second kappa shape index (κ2) is 4.31. The van der Waals surface area contributed by atoms with Gasteiger partial charge in [0.2, 0.25) is 11.8 Å². The van der Waals surface area contributed by atoms with Crippen LogP contribution in [0.2, 0.25) is 0 Å². The molecule has 15 heavy (non-hydrogen) atoms. The fraction of sp³-hybridized carbons (Fsp3) is 0.818. The van der Waals surface area contributed by atoms with E-state index in [1.807, 2.05) is 6.92 Å². The van der Waals surface area contributed by atoms with Crippen LogP contribution in [0.3, 0.4) is 0 Å². The first-order valence-corrected chi connectivity index (χ1v) is 5.77. The van der Waals surface area contributed by atoms with E-state index in [9.17, 15) is 0 Å². The van der Waals surface area contributed by atoms with Crippen molar-refractivity contribution < 1.29 is 4.42 Å². The number of rotatable bonds is 2. The van der Waals surface area contributed by atoms with Crippen molar-refractivity contribution in [1.29, 1.82) is 0 Å². The van der Waals surface area contributed by atoms with E-state index in [0.29, 0.717) is 18.0 Å². The van der Waals surface area contributed by atoms with Gasteiger partial charge in [0.1, 0.15) is 0 Å². The second-order valence-electron chi connectivity index (χ2n) is 4.52. The second-order valence-corrected chi connectivity index (χ2v) is 4.52. The molecule has 2 atom stereocenters. The highest BCUT2D eigenvalue weighted by Crippen LogP contribution is 2.29. The van der Waals surface area contributed by atoms with Crippen molar-refractivity contribution in [1.82, 2.24) is 15.5 Å². The van der Waals surface area contributed by atoms with Crippen molar-refractivity contribution in [3.05, 3.63) is 11.8 Å². The number of nitrogens with one attached hydrogen (secondary N) is 1. The topological polar surface area (TPSA) is 51.0 Å². The first kappa shape index (κ1) is 10.6. The van der Waals surface area contributed by atoms with Crippen LogP contribution in [0.25, 0.3) is 0 Å². The van der Waals surface area contributed by atoms with Crippen molar-refractivity contribution in [2.45, 2.75) is 58.0 Å². The fourth-order valence-electron chi connectivity index (χ4n) is 2.35. The lowest BCUT2D eigenvalue weighted by Crippen LogP contribution is -2.41. The van der Waals surface area contributed by atoms with E-state index in [-0.39, 0.29) is 0 Å². The average molecular weight is 209 g/mol. The van der Waals surface area contributed by atoms with E-state index in [1.54, 1.807) is 0 Å². The van der Waals surface area contributed by atoms with Crippen molar-refractivity contribution in [3.8, 4) is 0 Å². The summed E-state index contributed by atoms with van der Waals surface area (Å²) in [5.41, 5.74) is 0. The zero-order chi connectivity index (χ0) is 10.8. The molecule has 1 aliphatic heterocycles. The van der Waals surface area contributed by atoms with Crippen LogP contribution in [-0.2, 0) is 6.42 Å². The molecular weight excluding hydrogens is 190 g/mol. The summed E-state index contributed by atoms with van der Waals surface area (Å²) in [4.78, 5) is 0. The van der Waals surface area contributed by atoms with Gasteiger partial charge in [-0.15, -0.1) is 10.2 Å². The summed E-state index contributed by atoms with van der Waals surface area (Å²) >= 11 is 0. The smallest absolute Gasteiger partial charge is 0.219 e. The molecule has 84 valence electrons. The Labute approximate surface area is 90.5 Å². The maximum Gasteiger partial charge on any atom is 0.219 e. The van der Waals surface area contributed by atoms with Gasteiger partial charge in [-0.1, -0.05) is 6.92 Å². The third kappa shape index (κ3) is 2.37. The van der Waals surface area contributed by atoms with Gasteiger partial charge in [0.05, 0.1) is 0 Å². The average Bonchev–Trinajstić information content (AvgIpc) is 2.64. The number of piperidine rings is 1. The molecule has 0 amide bonds. The minimum absolute atomic E-state index is 0.434. The lowest BCUT2D eigenvalue weighted by molar-refractivity contribution is 0.279. The molecule has 2 heterocycles. The van der Waals surface area contributed by atoms with Crippen molar-refractivity contribution in [3.63, 3.8) is 0 Å². The molecule has 0 radical (unpaired) electrons. The van der Waals surface area contributed by atoms with Gasteiger partial charge < -0.3 is 9.73 Å². The number of hydrogen-bond donors (Lipinski definition) is 1. The molecule has 0 aliphatic carbocycles. The monoisotopic (exact) mass is 209 g/mol. The summed E-state index contributed by atoms with van der Waals surface area (Å²) < 4.78 is 5.62. The van der Waals surface area contributed by atoms with Crippen LogP contribution in [0, 0.1) is 0 Å². The summed E-state index contributed by atoms with van der Waals surface area (Å²) in [6.07, 6.45) is 3.01. The molecule has 1 aromatic rings. The van der Waals surface area contributed by atoms with Gasteiger partial charge in [-0.05, 0) is 26.7 Å². The van der Waals surface area contributed by atoms with Gasteiger partial charge in [0.25, 0.3) is 0 Å². The Hall–Kier alpha value is -0.900. The van der Waals surface area contributed by atoms with Gasteiger partial charge in [0, 0.05) is 24.4 Å². The highest BCUT2D eigenvalue weighted by Gasteiger charge is 2.28. The van der Waals surface area contributed by atoms with Crippen LogP contribution >= 0.6 is 0 Å². The Morgan fingerprint density at radius 2 is 1.93 bits per heavy atom. The van der Waals surface area contributed by atoms with Gasteiger partial charge >= 0.3 is 0 Å². The zero-order valence-electron chi connectivity index (χ0n) is 9.66. The summed E-state index contributed by atoms with van der Waals surface area (Å²) in [6, 6.07) is 1.08. The van der Waals surface area contributed by atoms with E-state index in [1.165, 1.54) is 0 Å². The molecule has 0 aromatic carbocycles. The Balaban J connectivity index is 2.09. The molecule has 4 nitrogen and oxygen atoms in total. The van der Waals surface area contributed by atoms with Crippen molar-refractivity contribution in [2.75, 3.05) is 0 Å². The first-order chi connectivity index (χ1) is 7.19. The first-order valence-electron chi connectivity index (χ1n) is 5.77. The van der Waals surface area contributed by atoms with Crippen LogP contribution in [-0.4, -0.2) is 22.3 Å². The largest absolute Gasteiger partial charge is 0.425 e. The molecule has 1 fully saturated rings. The minimum Gasteiger partial charge on any atom is -0.425 e. The number of hydrogen-bond acceptors (Lipinski definition) is 4. The van der Waals surface area contributed by atoms with Crippen LogP contribution in [0.15, 0.2) is 4.42 Å². The fourth-order valence-corrected chi connectivity index (χ4v) is 2.35. The molecule has 0 unspecified atom stereocenters. The van der Waals surface area contributed by atoms with Crippen molar-refractivity contribution in [2.24, 2.45) is 0 Å². The lowest BCUT2D eigenvalue weighted by atomic mass is 9.89. The molecule has 2 rings (SSSR count). The maximum absolute atomic E-state index is 5.62. The normalized spacial score (nSPS) is 31.8. The van der Waals surface area contributed by atoms with E-state index < -0.39 is 0 Å². The van der Waals surface area contributed by atoms with Gasteiger partial charge in [-0.25, -0.2) is 0 Å². The Morgan fingerprint density at radius 3 is 2.47 bits per heavy atom. The van der Waals surface area contributed by atoms with Crippen LogP contribution in [0.1, 0.15) is 51.3 Å². The van der Waals surface area contributed by atoms with Crippen LogP contribution < -0.4 is 5.32 Å². The number of aromatic nitrogens is 2. The summed E-state index contributed by atoms with van der Waals surface area (Å²) in [6.45, 7) is 6.45. The van der Waals surface area contributed by atoms with E-state index in [2.05, 4.69) is 29.4 Å². The number of aryl methyl sites for hydroxylation is 1. The Bertz CT molecular complexity index is 313. The highest BCUT2D eigenvalue weighted by atomic mass is 16.4. The van der Waals surface area contributed by atoms with Gasteiger partial charge in [0.15, 0.2) is 0 Å². The zero-order valence-corrected chi connectivity index (χ0v) is 9.66. The summed E-state index contributed by atoms with van der Waals surface area (Å²) in [7, 11) is 0. The molecule has 0 spiro atoms. The van der Waals surface area contributed by atoms with Crippen LogP contribution in [0.4, 0.5) is 0 Å². The standard InChI is InChI=1S/C11H19N3O/c1-4-10-13-14-11(15-10)9-5-7(2)12-8(3)6-9/h7-9,12H,4-6H2,1-3H3/t7-,8-/m0/s1. The van der Waals surface area contributed by atoms with E-state index in [0.717, 1.165) is 31.0 Å².